The normalized spacial score (nSPS) is 15.0. The van der Waals surface area contributed by atoms with Crippen LogP contribution >= 0.6 is 11.5 Å². The third-order valence-electron chi connectivity index (χ3n) is 4.34. The molecule has 1 aliphatic rings. The SMILES string of the molecule is CCc1nsc(N2CCN(C(=NC)NCc3cccc(C#N)c3)CC2)n1. The molecule has 1 fully saturated rings. The number of aliphatic imine (C=N–C) groups is 1. The molecule has 0 aliphatic carbocycles. The number of piperazine rings is 1. The van der Waals surface area contributed by atoms with Crippen molar-refractivity contribution in [1.82, 2.24) is 19.6 Å². The molecule has 0 saturated carbocycles. The molecule has 0 spiro atoms. The molecule has 1 aromatic carbocycles. The van der Waals surface area contributed by atoms with Gasteiger partial charge in [0.05, 0.1) is 11.6 Å². The number of aromatic nitrogens is 2. The van der Waals surface area contributed by atoms with Gasteiger partial charge in [-0.1, -0.05) is 19.1 Å². The summed E-state index contributed by atoms with van der Waals surface area (Å²) in [6, 6.07) is 9.81. The summed E-state index contributed by atoms with van der Waals surface area (Å²) in [5.74, 6) is 1.81. The van der Waals surface area contributed by atoms with Gasteiger partial charge in [0.15, 0.2) is 5.96 Å². The number of anilines is 1. The molecule has 26 heavy (non-hydrogen) atoms. The summed E-state index contributed by atoms with van der Waals surface area (Å²) in [5.41, 5.74) is 1.75. The van der Waals surface area contributed by atoms with E-state index in [0.717, 1.165) is 55.1 Å². The standard InChI is InChI=1S/C18H23N7S/c1-3-16-22-18(26-23-16)25-9-7-24(8-10-25)17(20-2)21-13-15-6-4-5-14(11-15)12-19/h4-6,11H,3,7-10,13H2,1-2H3,(H,20,21). The van der Waals surface area contributed by atoms with Crippen molar-refractivity contribution in [2.24, 2.45) is 4.99 Å². The summed E-state index contributed by atoms with van der Waals surface area (Å²) in [6.07, 6.45) is 0.875. The molecule has 0 unspecified atom stereocenters. The third kappa shape index (κ3) is 4.29. The fourth-order valence-corrected chi connectivity index (χ4v) is 3.69. The van der Waals surface area contributed by atoms with Gasteiger partial charge in [-0.15, -0.1) is 0 Å². The van der Waals surface area contributed by atoms with Gasteiger partial charge in [-0.3, -0.25) is 4.99 Å². The molecule has 0 amide bonds. The molecule has 3 rings (SSSR count). The lowest BCUT2D eigenvalue weighted by atomic mass is 10.1. The molecule has 1 aliphatic heterocycles. The van der Waals surface area contributed by atoms with Crippen LogP contribution in [-0.2, 0) is 13.0 Å². The Labute approximate surface area is 158 Å². The molecule has 2 heterocycles. The van der Waals surface area contributed by atoms with Crippen molar-refractivity contribution < 1.29 is 0 Å². The maximum Gasteiger partial charge on any atom is 0.205 e. The first-order valence-electron chi connectivity index (χ1n) is 8.75. The Balaban J connectivity index is 1.54. The van der Waals surface area contributed by atoms with Crippen molar-refractivity contribution in [2.75, 3.05) is 38.1 Å². The van der Waals surface area contributed by atoms with E-state index < -0.39 is 0 Å². The van der Waals surface area contributed by atoms with E-state index in [9.17, 15) is 0 Å². The smallest absolute Gasteiger partial charge is 0.205 e. The van der Waals surface area contributed by atoms with Gasteiger partial charge in [-0.2, -0.15) is 9.64 Å². The summed E-state index contributed by atoms with van der Waals surface area (Å²) in [4.78, 5) is 13.5. The highest BCUT2D eigenvalue weighted by Crippen LogP contribution is 2.19. The average Bonchev–Trinajstić information content (AvgIpc) is 3.18. The van der Waals surface area contributed by atoms with E-state index in [-0.39, 0.29) is 0 Å². The lowest BCUT2D eigenvalue weighted by Gasteiger charge is -2.36. The number of nitriles is 1. The van der Waals surface area contributed by atoms with Gasteiger partial charge in [0.2, 0.25) is 5.13 Å². The van der Waals surface area contributed by atoms with Crippen LogP contribution in [0.5, 0.6) is 0 Å². The number of guanidine groups is 1. The van der Waals surface area contributed by atoms with E-state index in [2.05, 4.69) is 42.5 Å². The number of benzene rings is 1. The van der Waals surface area contributed by atoms with Crippen molar-refractivity contribution >= 4 is 22.6 Å². The van der Waals surface area contributed by atoms with Crippen LogP contribution < -0.4 is 10.2 Å². The lowest BCUT2D eigenvalue weighted by molar-refractivity contribution is 0.372. The second kappa shape index (κ2) is 8.63. The van der Waals surface area contributed by atoms with E-state index in [0.29, 0.717) is 12.1 Å². The van der Waals surface area contributed by atoms with Crippen molar-refractivity contribution in [2.45, 2.75) is 19.9 Å². The Kier molecular flexibility index (Phi) is 6.02. The van der Waals surface area contributed by atoms with Crippen LogP contribution in [0.1, 0.15) is 23.9 Å². The highest BCUT2D eigenvalue weighted by molar-refractivity contribution is 7.09. The van der Waals surface area contributed by atoms with Crippen LogP contribution in [0.2, 0.25) is 0 Å². The first-order chi connectivity index (χ1) is 12.7. The molecule has 1 N–H and O–H groups in total. The summed E-state index contributed by atoms with van der Waals surface area (Å²) >= 11 is 1.48. The van der Waals surface area contributed by atoms with E-state index in [1.54, 1.807) is 7.05 Å². The topological polar surface area (TPSA) is 80.4 Å². The highest BCUT2D eigenvalue weighted by Gasteiger charge is 2.21. The molecule has 1 saturated heterocycles. The van der Waals surface area contributed by atoms with Crippen molar-refractivity contribution in [3.05, 3.63) is 41.2 Å². The molecule has 7 nitrogen and oxygen atoms in total. The quantitative estimate of drug-likeness (QED) is 0.655. The highest BCUT2D eigenvalue weighted by atomic mass is 32.1. The van der Waals surface area contributed by atoms with E-state index in [4.69, 9.17) is 5.26 Å². The van der Waals surface area contributed by atoms with Crippen LogP contribution in [0.4, 0.5) is 5.13 Å². The molecule has 2 aromatic rings. The Morgan fingerprint density at radius 2 is 2.15 bits per heavy atom. The third-order valence-corrected chi connectivity index (χ3v) is 5.16. The molecular formula is C18H23N7S. The number of nitrogens with one attached hydrogen (secondary N) is 1. The van der Waals surface area contributed by atoms with Crippen LogP contribution in [0, 0.1) is 11.3 Å². The minimum atomic E-state index is 0.651. The number of nitrogens with zero attached hydrogens (tertiary/aromatic N) is 6. The molecule has 1 aromatic heterocycles. The van der Waals surface area contributed by atoms with Crippen molar-refractivity contribution in [3.63, 3.8) is 0 Å². The summed E-state index contributed by atoms with van der Waals surface area (Å²) in [5, 5.41) is 13.4. The zero-order valence-corrected chi connectivity index (χ0v) is 16.0. The fraction of sp³-hybridized carbons (Fsp3) is 0.444. The van der Waals surface area contributed by atoms with Crippen LogP contribution in [0.15, 0.2) is 29.3 Å². The van der Waals surface area contributed by atoms with E-state index in [1.807, 2.05) is 24.3 Å². The fourth-order valence-electron chi connectivity index (χ4n) is 2.89. The van der Waals surface area contributed by atoms with Crippen LogP contribution in [-0.4, -0.2) is 53.4 Å². The van der Waals surface area contributed by atoms with E-state index >= 15 is 0 Å². The molecule has 0 atom stereocenters. The zero-order valence-electron chi connectivity index (χ0n) is 15.1. The van der Waals surface area contributed by atoms with Gasteiger partial charge >= 0.3 is 0 Å². The Bertz CT molecular complexity index is 800. The number of hydrogen-bond donors (Lipinski definition) is 1. The number of hydrogen-bond acceptors (Lipinski definition) is 6. The van der Waals surface area contributed by atoms with Gasteiger partial charge in [0.1, 0.15) is 5.82 Å². The predicted molar refractivity (Wildman–Crippen MR) is 104 cm³/mol. The van der Waals surface area contributed by atoms with Gasteiger partial charge in [0.25, 0.3) is 0 Å². The minimum Gasteiger partial charge on any atom is -0.352 e. The predicted octanol–water partition coefficient (Wildman–Crippen LogP) is 1.87. The first kappa shape index (κ1) is 18.1. The summed E-state index contributed by atoms with van der Waals surface area (Å²) in [6.45, 7) is 6.31. The Morgan fingerprint density at radius 3 is 2.81 bits per heavy atom. The summed E-state index contributed by atoms with van der Waals surface area (Å²) < 4.78 is 4.37. The van der Waals surface area contributed by atoms with Crippen LogP contribution in [0.25, 0.3) is 0 Å². The monoisotopic (exact) mass is 369 g/mol. The van der Waals surface area contributed by atoms with Gasteiger partial charge < -0.3 is 15.1 Å². The number of rotatable bonds is 4. The average molecular weight is 369 g/mol. The second-order valence-corrected chi connectivity index (χ2v) is 6.76. The number of aryl methyl sites for hydroxylation is 1. The van der Waals surface area contributed by atoms with Crippen molar-refractivity contribution in [1.29, 1.82) is 5.26 Å². The largest absolute Gasteiger partial charge is 0.352 e. The second-order valence-electron chi connectivity index (χ2n) is 6.03. The van der Waals surface area contributed by atoms with Crippen molar-refractivity contribution in [3.8, 4) is 6.07 Å². The van der Waals surface area contributed by atoms with E-state index in [1.165, 1.54) is 11.5 Å². The molecular weight excluding hydrogens is 346 g/mol. The molecule has 8 heteroatoms. The van der Waals surface area contributed by atoms with Gasteiger partial charge in [0, 0.05) is 57.7 Å². The summed E-state index contributed by atoms with van der Waals surface area (Å²) in [7, 11) is 1.80. The minimum absolute atomic E-state index is 0.651. The maximum atomic E-state index is 9.01. The zero-order chi connectivity index (χ0) is 18.4. The van der Waals surface area contributed by atoms with Crippen LogP contribution in [0.3, 0.4) is 0 Å². The first-order valence-corrected chi connectivity index (χ1v) is 9.53. The Hall–Kier alpha value is -2.66. The van der Waals surface area contributed by atoms with Gasteiger partial charge in [-0.25, -0.2) is 4.98 Å². The molecule has 0 radical (unpaired) electrons. The lowest BCUT2D eigenvalue weighted by Crippen LogP contribution is -2.52. The molecule has 136 valence electrons. The maximum absolute atomic E-state index is 9.01. The molecule has 0 bridgehead atoms. The van der Waals surface area contributed by atoms with Gasteiger partial charge in [-0.05, 0) is 17.7 Å². The Morgan fingerprint density at radius 1 is 1.35 bits per heavy atom.